The van der Waals surface area contributed by atoms with Crippen LogP contribution in [0.3, 0.4) is 0 Å². The van der Waals surface area contributed by atoms with Gasteiger partial charge >= 0.3 is 0 Å². The Hall–Kier alpha value is -3.41. The van der Waals surface area contributed by atoms with E-state index < -0.39 is 11.8 Å². The largest absolute Gasteiger partial charge is 0.495 e. The maximum Gasteiger partial charge on any atom is 0.243 e. The fourth-order valence-corrected chi connectivity index (χ4v) is 1.96. The first kappa shape index (κ1) is 17.0. The van der Waals surface area contributed by atoms with Crippen molar-refractivity contribution in [3.8, 4) is 11.8 Å². The summed E-state index contributed by atoms with van der Waals surface area (Å²) in [5.74, 6) is -0.267. The molecule has 0 saturated heterocycles. The Balaban J connectivity index is 1.88. The Kier molecular flexibility index (Phi) is 5.46. The summed E-state index contributed by atoms with van der Waals surface area (Å²) in [7, 11) is 1.51. The van der Waals surface area contributed by atoms with Crippen molar-refractivity contribution in [1.82, 2.24) is 20.1 Å². The fourth-order valence-electron chi connectivity index (χ4n) is 1.96. The van der Waals surface area contributed by atoms with Crippen molar-refractivity contribution in [3.05, 3.63) is 35.9 Å². The van der Waals surface area contributed by atoms with E-state index in [0.29, 0.717) is 11.4 Å². The summed E-state index contributed by atoms with van der Waals surface area (Å²) in [4.78, 5) is 23.8. The molecule has 0 saturated carbocycles. The lowest BCUT2D eigenvalue weighted by Gasteiger charge is -2.11. The van der Waals surface area contributed by atoms with Gasteiger partial charge in [-0.25, -0.2) is 0 Å². The Labute approximate surface area is 138 Å². The minimum absolute atomic E-state index is 0.0269. The molecule has 0 aliphatic heterocycles. The number of aromatic nitrogens is 3. The summed E-state index contributed by atoms with van der Waals surface area (Å²) in [6.45, 7) is 1.54. The van der Waals surface area contributed by atoms with E-state index in [9.17, 15) is 9.59 Å². The number of benzene rings is 1. The van der Waals surface area contributed by atoms with E-state index in [2.05, 4.69) is 20.8 Å². The number of nitrogens with zero attached hydrogens (tertiary/aromatic N) is 4. The molecule has 9 heteroatoms. The zero-order valence-electron chi connectivity index (χ0n) is 13.2. The number of amides is 2. The molecule has 124 valence electrons. The SMILES string of the molecule is COc1ccc(C)cc1NC(=O)CNC(=O)Cn1cnnc1C#N. The monoisotopic (exact) mass is 328 g/mol. The third-order valence-corrected chi connectivity index (χ3v) is 3.10. The van der Waals surface area contributed by atoms with Crippen LogP contribution in [-0.2, 0) is 16.1 Å². The van der Waals surface area contributed by atoms with Crippen LogP contribution in [0.25, 0.3) is 0 Å². The third kappa shape index (κ3) is 4.30. The average Bonchev–Trinajstić information content (AvgIpc) is 3.00. The van der Waals surface area contributed by atoms with Gasteiger partial charge in [0.2, 0.25) is 17.6 Å². The van der Waals surface area contributed by atoms with E-state index in [0.717, 1.165) is 5.56 Å². The number of hydrogen-bond acceptors (Lipinski definition) is 6. The van der Waals surface area contributed by atoms with Gasteiger partial charge in [0.15, 0.2) is 0 Å². The molecule has 0 radical (unpaired) electrons. The number of ether oxygens (including phenoxy) is 1. The second-order valence-electron chi connectivity index (χ2n) is 4.92. The molecule has 0 fully saturated rings. The van der Waals surface area contributed by atoms with Gasteiger partial charge in [-0.15, -0.1) is 10.2 Å². The van der Waals surface area contributed by atoms with Crippen LogP contribution in [0.1, 0.15) is 11.4 Å². The van der Waals surface area contributed by atoms with Gasteiger partial charge in [-0.1, -0.05) is 6.07 Å². The van der Waals surface area contributed by atoms with Crippen molar-refractivity contribution in [2.24, 2.45) is 0 Å². The van der Waals surface area contributed by atoms with Gasteiger partial charge in [-0.05, 0) is 24.6 Å². The van der Waals surface area contributed by atoms with E-state index in [1.165, 1.54) is 18.0 Å². The normalized spacial score (nSPS) is 9.88. The molecule has 2 amide bonds. The zero-order chi connectivity index (χ0) is 17.5. The first-order chi connectivity index (χ1) is 11.5. The van der Waals surface area contributed by atoms with E-state index >= 15 is 0 Å². The van der Waals surface area contributed by atoms with Crippen molar-refractivity contribution in [2.45, 2.75) is 13.5 Å². The fraction of sp³-hybridized carbons (Fsp3) is 0.267. The van der Waals surface area contributed by atoms with Gasteiger partial charge in [-0.3, -0.25) is 14.2 Å². The topological polar surface area (TPSA) is 122 Å². The van der Waals surface area contributed by atoms with Gasteiger partial charge in [0.1, 0.15) is 24.7 Å². The lowest BCUT2D eigenvalue weighted by molar-refractivity contribution is -0.124. The zero-order valence-corrected chi connectivity index (χ0v) is 13.2. The van der Waals surface area contributed by atoms with Gasteiger partial charge in [0.25, 0.3) is 0 Å². The van der Waals surface area contributed by atoms with Crippen LogP contribution in [0.4, 0.5) is 5.69 Å². The number of rotatable bonds is 6. The lowest BCUT2D eigenvalue weighted by Crippen LogP contribution is -2.35. The Morgan fingerprint density at radius 3 is 2.88 bits per heavy atom. The molecule has 0 spiro atoms. The molecule has 1 aromatic carbocycles. The predicted molar refractivity (Wildman–Crippen MR) is 84.1 cm³/mol. The standard InChI is InChI=1S/C15H16N6O3/c1-10-3-4-12(24-2)11(5-10)19-14(22)7-17-15(23)8-21-9-18-20-13(21)6-16/h3-5,9H,7-8H2,1-2H3,(H,17,23)(H,19,22). The first-order valence-corrected chi connectivity index (χ1v) is 7.02. The Bertz CT molecular complexity index is 793. The summed E-state index contributed by atoms with van der Waals surface area (Å²) in [5, 5.41) is 21.0. The molecule has 24 heavy (non-hydrogen) atoms. The smallest absolute Gasteiger partial charge is 0.243 e. The van der Waals surface area contributed by atoms with Crippen molar-refractivity contribution in [1.29, 1.82) is 5.26 Å². The molecule has 1 heterocycles. The third-order valence-electron chi connectivity index (χ3n) is 3.10. The van der Waals surface area contributed by atoms with Gasteiger partial charge < -0.3 is 15.4 Å². The van der Waals surface area contributed by atoms with Crippen molar-refractivity contribution in [3.63, 3.8) is 0 Å². The number of nitrogens with one attached hydrogen (secondary N) is 2. The number of anilines is 1. The number of aryl methyl sites for hydroxylation is 1. The molecule has 0 aliphatic rings. The molecule has 0 atom stereocenters. The molecular formula is C15H16N6O3. The minimum atomic E-state index is -0.433. The highest BCUT2D eigenvalue weighted by Crippen LogP contribution is 2.24. The summed E-state index contributed by atoms with van der Waals surface area (Å²) >= 11 is 0. The van der Waals surface area contributed by atoms with Crippen molar-refractivity contribution < 1.29 is 14.3 Å². The van der Waals surface area contributed by atoms with E-state index in [4.69, 9.17) is 10.00 Å². The van der Waals surface area contributed by atoms with Crippen LogP contribution >= 0.6 is 0 Å². The van der Waals surface area contributed by atoms with Crippen LogP contribution < -0.4 is 15.4 Å². The Morgan fingerprint density at radius 1 is 1.38 bits per heavy atom. The van der Waals surface area contributed by atoms with Crippen LogP contribution in [-0.4, -0.2) is 40.2 Å². The average molecular weight is 328 g/mol. The van der Waals surface area contributed by atoms with Crippen LogP contribution in [0.2, 0.25) is 0 Å². The van der Waals surface area contributed by atoms with E-state index in [1.807, 2.05) is 19.1 Å². The second-order valence-corrected chi connectivity index (χ2v) is 4.92. The molecule has 0 unspecified atom stereocenters. The summed E-state index contributed by atoms with van der Waals surface area (Å²) in [6, 6.07) is 7.20. The van der Waals surface area contributed by atoms with Gasteiger partial charge in [-0.2, -0.15) is 5.26 Å². The summed E-state index contributed by atoms with van der Waals surface area (Å²) in [5.41, 5.74) is 1.49. The molecule has 2 rings (SSSR count). The van der Waals surface area contributed by atoms with Crippen LogP contribution in [0.15, 0.2) is 24.5 Å². The molecule has 2 N–H and O–H groups in total. The van der Waals surface area contributed by atoms with Gasteiger partial charge in [0, 0.05) is 0 Å². The second kappa shape index (κ2) is 7.73. The quantitative estimate of drug-likeness (QED) is 0.782. The maximum absolute atomic E-state index is 12.0. The molecule has 0 aliphatic carbocycles. The maximum atomic E-state index is 12.0. The predicted octanol–water partition coefficient (Wildman–Crippen LogP) is 0.222. The molecular weight excluding hydrogens is 312 g/mol. The van der Waals surface area contributed by atoms with Crippen LogP contribution in [0.5, 0.6) is 5.75 Å². The Morgan fingerprint density at radius 2 is 2.17 bits per heavy atom. The van der Waals surface area contributed by atoms with Crippen molar-refractivity contribution in [2.75, 3.05) is 19.0 Å². The number of carbonyl (C=O) groups is 2. The molecule has 2 aromatic rings. The minimum Gasteiger partial charge on any atom is -0.495 e. The van der Waals surface area contributed by atoms with Gasteiger partial charge in [0.05, 0.1) is 19.3 Å². The molecule has 1 aromatic heterocycles. The van der Waals surface area contributed by atoms with E-state index in [1.54, 1.807) is 12.1 Å². The van der Waals surface area contributed by atoms with Crippen molar-refractivity contribution >= 4 is 17.5 Å². The highest BCUT2D eigenvalue weighted by molar-refractivity contribution is 5.95. The van der Waals surface area contributed by atoms with Crippen LogP contribution in [0, 0.1) is 18.3 Å². The highest BCUT2D eigenvalue weighted by atomic mass is 16.5. The first-order valence-electron chi connectivity index (χ1n) is 7.02. The van der Waals surface area contributed by atoms with E-state index in [-0.39, 0.29) is 18.9 Å². The summed E-state index contributed by atoms with van der Waals surface area (Å²) < 4.78 is 6.46. The number of methoxy groups -OCH3 is 1. The molecule has 0 bridgehead atoms. The molecule has 9 nitrogen and oxygen atoms in total. The number of nitriles is 1. The lowest BCUT2D eigenvalue weighted by atomic mass is 10.2. The number of hydrogen-bond donors (Lipinski definition) is 2. The number of carbonyl (C=O) groups excluding carboxylic acids is 2. The summed E-state index contributed by atoms with van der Waals surface area (Å²) in [6.07, 6.45) is 1.27. The highest BCUT2D eigenvalue weighted by Gasteiger charge is 2.11.